The van der Waals surface area contributed by atoms with E-state index in [1.54, 1.807) is 0 Å². The van der Waals surface area contributed by atoms with Crippen LogP contribution >= 0.6 is 0 Å². The van der Waals surface area contributed by atoms with Crippen molar-refractivity contribution in [3.05, 3.63) is 24.0 Å². The Morgan fingerprint density at radius 2 is 1.75 bits per heavy atom. The molecule has 0 saturated carbocycles. The molecule has 1 heterocycles. The van der Waals surface area contributed by atoms with E-state index >= 15 is 0 Å². The summed E-state index contributed by atoms with van der Waals surface area (Å²) in [4.78, 5) is 0. The summed E-state index contributed by atoms with van der Waals surface area (Å²) in [6, 6.07) is 4.20. The normalized spacial score (nSPS) is 10.9. The van der Waals surface area contributed by atoms with Gasteiger partial charge < -0.3 is 10.3 Å². The molecule has 0 unspecified atom stereocenters. The molecule has 1 aromatic heterocycles. The van der Waals surface area contributed by atoms with Crippen molar-refractivity contribution < 1.29 is 0 Å². The predicted octanol–water partition coefficient (Wildman–Crippen LogP) is 3.70. The van der Waals surface area contributed by atoms with E-state index in [1.165, 1.54) is 50.6 Å². The Morgan fingerprint density at radius 3 is 2.44 bits per heavy atom. The van der Waals surface area contributed by atoms with E-state index < -0.39 is 0 Å². The lowest BCUT2D eigenvalue weighted by Gasteiger charge is -2.07. The Hall–Kier alpha value is -0.760. The maximum atomic E-state index is 5.66. The number of unbranched alkanes of at least 4 members (excludes halogenated alkanes) is 6. The van der Waals surface area contributed by atoms with Gasteiger partial charge in [0.05, 0.1) is 0 Å². The molecule has 2 N–H and O–H groups in total. The first-order valence-electron chi connectivity index (χ1n) is 6.72. The number of nitrogens with zero attached hydrogens (tertiary/aromatic N) is 1. The van der Waals surface area contributed by atoms with Gasteiger partial charge in [0, 0.05) is 25.0 Å². The zero-order chi connectivity index (χ0) is 11.6. The molecule has 1 rings (SSSR count). The van der Waals surface area contributed by atoms with Crippen molar-refractivity contribution in [2.45, 2.75) is 65.0 Å². The van der Waals surface area contributed by atoms with Gasteiger partial charge >= 0.3 is 0 Å². The largest absolute Gasteiger partial charge is 0.350 e. The van der Waals surface area contributed by atoms with Crippen molar-refractivity contribution in [2.24, 2.45) is 5.73 Å². The highest BCUT2D eigenvalue weighted by atomic mass is 15.0. The van der Waals surface area contributed by atoms with Gasteiger partial charge in [-0.05, 0) is 18.6 Å². The predicted molar refractivity (Wildman–Crippen MR) is 70.3 cm³/mol. The van der Waals surface area contributed by atoms with Gasteiger partial charge in [0.1, 0.15) is 0 Å². The van der Waals surface area contributed by atoms with Crippen molar-refractivity contribution in [2.75, 3.05) is 0 Å². The van der Waals surface area contributed by atoms with Crippen LogP contribution in [-0.2, 0) is 13.1 Å². The molecule has 0 amide bonds. The van der Waals surface area contributed by atoms with E-state index in [-0.39, 0.29) is 0 Å². The molecule has 0 atom stereocenters. The third-order valence-electron chi connectivity index (χ3n) is 3.14. The summed E-state index contributed by atoms with van der Waals surface area (Å²) in [5.74, 6) is 0. The summed E-state index contributed by atoms with van der Waals surface area (Å²) >= 11 is 0. The molecule has 0 aliphatic heterocycles. The summed E-state index contributed by atoms with van der Waals surface area (Å²) in [7, 11) is 0. The number of aryl methyl sites for hydroxylation is 1. The number of nitrogens with two attached hydrogens (primary N) is 1. The zero-order valence-corrected chi connectivity index (χ0v) is 10.6. The monoisotopic (exact) mass is 222 g/mol. The van der Waals surface area contributed by atoms with Crippen LogP contribution in [0.2, 0.25) is 0 Å². The highest BCUT2D eigenvalue weighted by Gasteiger charge is 1.97. The van der Waals surface area contributed by atoms with E-state index in [2.05, 4.69) is 29.8 Å². The first-order chi connectivity index (χ1) is 7.88. The lowest BCUT2D eigenvalue weighted by atomic mass is 10.1. The minimum atomic E-state index is 0.656. The minimum absolute atomic E-state index is 0.656. The molecule has 0 spiro atoms. The topological polar surface area (TPSA) is 30.9 Å². The average molecular weight is 222 g/mol. The van der Waals surface area contributed by atoms with Crippen LogP contribution in [0, 0.1) is 0 Å². The van der Waals surface area contributed by atoms with E-state index in [4.69, 9.17) is 5.73 Å². The maximum Gasteiger partial charge on any atom is 0.0334 e. The molecular weight excluding hydrogens is 196 g/mol. The fourth-order valence-corrected chi connectivity index (χ4v) is 2.09. The molecule has 0 radical (unpaired) electrons. The second kappa shape index (κ2) is 8.40. The molecule has 0 fully saturated rings. The van der Waals surface area contributed by atoms with Gasteiger partial charge in [-0.2, -0.15) is 0 Å². The van der Waals surface area contributed by atoms with Crippen molar-refractivity contribution in [1.82, 2.24) is 4.57 Å². The van der Waals surface area contributed by atoms with Crippen LogP contribution in [0.25, 0.3) is 0 Å². The van der Waals surface area contributed by atoms with Gasteiger partial charge in [-0.25, -0.2) is 0 Å². The van der Waals surface area contributed by atoms with Crippen LogP contribution in [0.5, 0.6) is 0 Å². The van der Waals surface area contributed by atoms with E-state index in [9.17, 15) is 0 Å². The first kappa shape index (κ1) is 13.3. The highest BCUT2D eigenvalue weighted by Crippen LogP contribution is 2.09. The molecule has 0 aliphatic rings. The summed E-state index contributed by atoms with van der Waals surface area (Å²) < 4.78 is 2.28. The summed E-state index contributed by atoms with van der Waals surface area (Å²) in [6.07, 6.45) is 11.7. The first-order valence-corrected chi connectivity index (χ1v) is 6.72. The maximum absolute atomic E-state index is 5.66. The van der Waals surface area contributed by atoms with Crippen LogP contribution in [0.4, 0.5) is 0 Å². The van der Waals surface area contributed by atoms with E-state index in [0.29, 0.717) is 6.54 Å². The molecule has 2 heteroatoms. The fourth-order valence-electron chi connectivity index (χ4n) is 2.09. The van der Waals surface area contributed by atoms with Crippen LogP contribution in [-0.4, -0.2) is 4.57 Å². The lowest BCUT2D eigenvalue weighted by molar-refractivity contribution is 0.543. The van der Waals surface area contributed by atoms with E-state index in [1.807, 2.05) is 0 Å². The standard InChI is InChI=1S/C14H26N2/c1-2-3-4-5-6-7-8-11-16-12-9-10-14(16)13-15/h9-10,12H,2-8,11,13,15H2,1H3. The SMILES string of the molecule is CCCCCCCCCn1cccc1CN. The van der Waals surface area contributed by atoms with Crippen LogP contribution < -0.4 is 5.73 Å². The van der Waals surface area contributed by atoms with Crippen molar-refractivity contribution >= 4 is 0 Å². The van der Waals surface area contributed by atoms with Crippen molar-refractivity contribution in [3.63, 3.8) is 0 Å². The molecule has 16 heavy (non-hydrogen) atoms. The lowest BCUT2D eigenvalue weighted by Crippen LogP contribution is -2.06. The van der Waals surface area contributed by atoms with Gasteiger partial charge in [-0.15, -0.1) is 0 Å². The van der Waals surface area contributed by atoms with Gasteiger partial charge in [0.15, 0.2) is 0 Å². The highest BCUT2D eigenvalue weighted by molar-refractivity contribution is 5.06. The molecule has 0 aromatic carbocycles. The number of hydrogen-bond donors (Lipinski definition) is 1. The quantitative estimate of drug-likeness (QED) is 0.635. The molecule has 0 bridgehead atoms. The molecule has 2 nitrogen and oxygen atoms in total. The second-order valence-electron chi connectivity index (χ2n) is 4.52. The van der Waals surface area contributed by atoms with Crippen molar-refractivity contribution in [1.29, 1.82) is 0 Å². The number of hydrogen-bond acceptors (Lipinski definition) is 1. The van der Waals surface area contributed by atoms with Crippen molar-refractivity contribution in [3.8, 4) is 0 Å². The molecule has 0 saturated heterocycles. The number of aromatic nitrogens is 1. The minimum Gasteiger partial charge on any atom is -0.350 e. The smallest absolute Gasteiger partial charge is 0.0334 e. The van der Waals surface area contributed by atoms with E-state index in [0.717, 1.165) is 6.54 Å². The zero-order valence-electron chi connectivity index (χ0n) is 10.6. The Bertz CT molecular complexity index is 265. The Morgan fingerprint density at radius 1 is 1.06 bits per heavy atom. The second-order valence-corrected chi connectivity index (χ2v) is 4.52. The average Bonchev–Trinajstić information content (AvgIpc) is 2.75. The summed E-state index contributed by atoms with van der Waals surface area (Å²) in [6.45, 7) is 4.05. The van der Waals surface area contributed by atoms with Gasteiger partial charge in [0.2, 0.25) is 0 Å². The van der Waals surface area contributed by atoms with Crippen LogP contribution in [0.1, 0.15) is 57.6 Å². The third-order valence-corrected chi connectivity index (χ3v) is 3.14. The number of rotatable bonds is 9. The van der Waals surface area contributed by atoms with Crippen LogP contribution in [0.15, 0.2) is 18.3 Å². The summed E-state index contributed by atoms with van der Waals surface area (Å²) in [5.41, 5.74) is 6.92. The molecule has 92 valence electrons. The fraction of sp³-hybridized carbons (Fsp3) is 0.714. The molecule has 0 aliphatic carbocycles. The van der Waals surface area contributed by atoms with Crippen LogP contribution in [0.3, 0.4) is 0 Å². The Labute approximate surface area is 99.8 Å². The van der Waals surface area contributed by atoms with Gasteiger partial charge in [0.25, 0.3) is 0 Å². The van der Waals surface area contributed by atoms with Gasteiger partial charge in [-0.1, -0.05) is 45.4 Å². The Balaban J connectivity index is 2.03. The third kappa shape index (κ3) is 4.84. The molecule has 1 aromatic rings. The Kier molecular flexibility index (Phi) is 6.98. The van der Waals surface area contributed by atoms with Gasteiger partial charge in [-0.3, -0.25) is 0 Å². The molecular formula is C14H26N2. The summed E-state index contributed by atoms with van der Waals surface area (Å²) in [5, 5.41) is 0.